The number of rotatable bonds is 7. The van der Waals surface area contributed by atoms with Gasteiger partial charge in [0.2, 0.25) is 0 Å². The molecule has 0 saturated heterocycles. The number of aliphatic hydroxyl groups excluding tert-OH is 1. The van der Waals surface area contributed by atoms with Gasteiger partial charge in [-0.15, -0.1) is 0 Å². The molecule has 3 rings (SSSR count). The topological polar surface area (TPSA) is 70.6 Å². The average molecular weight is 340 g/mol. The molecule has 0 heterocycles. The van der Waals surface area contributed by atoms with Crippen molar-refractivity contribution in [3.8, 4) is 5.75 Å². The molecule has 0 spiro atoms. The first-order valence-corrected chi connectivity index (χ1v) is 8.53. The highest BCUT2D eigenvalue weighted by molar-refractivity contribution is 5.90. The number of nitrogens with one attached hydrogen (secondary N) is 2. The van der Waals surface area contributed by atoms with Crippen LogP contribution >= 0.6 is 0 Å². The lowest BCUT2D eigenvalue weighted by Crippen LogP contribution is -2.35. The van der Waals surface area contributed by atoms with E-state index < -0.39 is 0 Å². The summed E-state index contributed by atoms with van der Waals surface area (Å²) >= 11 is 0. The maximum absolute atomic E-state index is 12.0. The van der Waals surface area contributed by atoms with Gasteiger partial charge < -0.3 is 20.5 Å². The first-order chi connectivity index (χ1) is 12.1. The van der Waals surface area contributed by atoms with Gasteiger partial charge in [-0.2, -0.15) is 0 Å². The summed E-state index contributed by atoms with van der Waals surface area (Å²) in [5, 5.41) is 15.0. The molecule has 0 aromatic heterocycles. The van der Waals surface area contributed by atoms with Crippen molar-refractivity contribution in [3.05, 3.63) is 59.7 Å². The van der Waals surface area contributed by atoms with Gasteiger partial charge in [-0.1, -0.05) is 30.3 Å². The van der Waals surface area contributed by atoms with E-state index in [1.54, 1.807) is 0 Å². The third-order valence-electron chi connectivity index (χ3n) is 4.61. The van der Waals surface area contributed by atoms with Gasteiger partial charge in [0.15, 0.2) is 0 Å². The van der Waals surface area contributed by atoms with E-state index in [2.05, 4.69) is 10.6 Å². The number of carbonyl (C=O) groups is 1. The van der Waals surface area contributed by atoms with Crippen LogP contribution in [0.4, 0.5) is 10.5 Å². The number of carbonyl (C=O) groups excluding carboxylic acids is 1. The molecule has 2 aromatic carbocycles. The van der Waals surface area contributed by atoms with Gasteiger partial charge in [0.25, 0.3) is 0 Å². The monoisotopic (exact) mass is 340 g/mol. The van der Waals surface area contributed by atoms with Crippen LogP contribution in [-0.4, -0.2) is 24.3 Å². The minimum atomic E-state index is -0.249. The molecule has 0 atom stereocenters. The average Bonchev–Trinajstić information content (AvgIpc) is 3.42. The lowest BCUT2D eigenvalue weighted by molar-refractivity contribution is 0.206. The molecule has 3 N–H and O–H groups in total. The molecule has 0 radical (unpaired) electrons. The molecule has 1 aliphatic carbocycles. The van der Waals surface area contributed by atoms with Gasteiger partial charge in [-0.25, -0.2) is 4.79 Å². The second-order valence-electron chi connectivity index (χ2n) is 6.72. The van der Waals surface area contributed by atoms with E-state index >= 15 is 0 Å². The van der Waals surface area contributed by atoms with Gasteiger partial charge in [0, 0.05) is 17.6 Å². The fraction of sp³-hybridized carbons (Fsp3) is 0.350. The van der Waals surface area contributed by atoms with Gasteiger partial charge in [-0.3, -0.25) is 0 Å². The Morgan fingerprint density at radius 1 is 1.20 bits per heavy atom. The fourth-order valence-electron chi connectivity index (χ4n) is 2.61. The van der Waals surface area contributed by atoms with Crippen LogP contribution in [0.3, 0.4) is 0 Å². The van der Waals surface area contributed by atoms with Crippen molar-refractivity contribution in [3.63, 3.8) is 0 Å². The molecule has 1 aliphatic rings. The smallest absolute Gasteiger partial charge is 0.319 e. The number of aliphatic hydroxyl groups is 1. The quantitative estimate of drug-likeness (QED) is 0.723. The summed E-state index contributed by atoms with van der Waals surface area (Å²) in [5.41, 5.74) is 2.70. The van der Waals surface area contributed by atoms with E-state index in [4.69, 9.17) is 4.74 Å². The minimum Gasteiger partial charge on any atom is -0.489 e. The Kier molecular flexibility index (Phi) is 5.24. The van der Waals surface area contributed by atoms with E-state index in [1.165, 1.54) is 0 Å². The molecule has 132 valence electrons. The molecule has 0 bridgehead atoms. The number of amides is 2. The summed E-state index contributed by atoms with van der Waals surface area (Å²) in [7, 11) is 0. The van der Waals surface area contributed by atoms with Crippen molar-refractivity contribution >= 4 is 11.7 Å². The molecule has 5 nitrogen and oxygen atoms in total. The van der Waals surface area contributed by atoms with Crippen LogP contribution in [0.5, 0.6) is 5.75 Å². The minimum absolute atomic E-state index is 0.0957. The molecular weight excluding hydrogens is 316 g/mol. The van der Waals surface area contributed by atoms with Crippen molar-refractivity contribution in [1.29, 1.82) is 0 Å². The second kappa shape index (κ2) is 7.57. The SMILES string of the molecule is Cc1cc(OCc2ccccc2)ccc1NC(=O)NCC1(CO)CC1. The van der Waals surface area contributed by atoms with Crippen LogP contribution < -0.4 is 15.4 Å². The summed E-state index contributed by atoms with van der Waals surface area (Å²) < 4.78 is 5.79. The van der Waals surface area contributed by atoms with Gasteiger partial charge in [0.05, 0.1) is 6.61 Å². The van der Waals surface area contributed by atoms with E-state index in [9.17, 15) is 9.90 Å². The second-order valence-corrected chi connectivity index (χ2v) is 6.72. The van der Waals surface area contributed by atoms with E-state index in [-0.39, 0.29) is 18.1 Å². The van der Waals surface area contributed by atoms with Crippen molar-refractivity contribution in [2.75, 3.05) is 18.5 Å². The largest absolute Gasteiger partial charge is 0.489 e. The molecule has 1 fully saturated rings. The predicted molar refractivity (Wildman–Crippen MR) is 97.7 cm³/mol. The number of benzene rings is 2. The molecule has 0 aliphatic heterocycles. The normalized spacial score (nSPS) is 14.6. The molecule has 2 aromatic rings. The number of hydrogen-bond acceptors (Lipinski definition) is 3. The first kappa shape index (κ1) is 17.3. The molecule has 5 heteroatoms. The molecule has 25 heavy (non-hydrogen) atoms. The van der Waals surface area contributed by atoms with Crippen LogP contribution in [0.25, 0.3) is 0 Å². The number of hydrogen-bond donors (Lipinski definition) is 3. The maximum Gasteiger partial charge on any atom is 0.319 e. The van der Waals surface area contributed by atoms with Crippen LogP contribution in [-0.2, 0) is 6.61 Å². The molecule has 0 unspecified atom stereocenters. The van der Waals surface area contributed by atoms with E-state index in [0.717, 1.165) is 35.4 Å². The van der Waals surface area contributed by atoms with Crippen molar-refractivity contribution in [1.82, 2.24) is 5.32 Å². The van der Waals surface area contributed by atoms with Crippen molar-refractivity contribution < 1.29 is 14.6 Å². The summed E-state index contributed by atoms with van der Waals surface area (Å²) in [6.45, 7) is 3.07. The third-order valence-corrected chi connectivity index (χ3v) is 4.61. The van der Waals surface area contributed by atoms with Gasteiger partial charge in [0.1, 0.15) is 12.4 Å². The van der Waals surface area contributed by atoms with Crippen LogP contribution in [0.1, 0.15) is 24.0 Å². The Labute approximate surface area is 148 Å². The zero-order valence-corrected chi connectivity index (χ0v) is 14.4. The number of urea groups is 1. The van der Waals surface area contributed by atoms with Crippen LogP contribution in [0.15, 0.2) is 48.5 Å². The maximum atomic E-state index is 12.0. The zero-order chi connectivity index (χ0) is 17.7. The van der Waals surface area contributed by atoms with Gasteiger partial charge in [-0.05, 0) is 49.1 Å². The van der Waals surface area contributed by atoms with E-state index in [0.29, 0.717) is 13.2 Å². The Balaban J connectivity index is 1.51. The van der Waals surface area contributed by atoms with Crippen molar-refractivity contribution in [2.45, 2.75) is 26.4 Å². The molecule has 1 saturated carbocycles. The van der Waals surface area contributed by atoms with E-state index in [1.807, 2.05) is 55.5 Å². The third kappa shape index (κ3) is 4.73. The Morgan fingerprint density at radius 3 is 2.60 bits per heavy atom. The van der Waals surface area contributed by atoms with Crippen LogP contribution in [0, 0.1) is 12.3 Å². The summed E-state index contributed by atoms with van der Waals surface area (Å²) in [6.07, 6.45) is 1.94. The highest BCUT2D eigenvalue weighted by atomic mass is 16.5. The zero-order valence-electron chi connectivity index (χ0n) is 14.4. The lowest BCUT2D eigenvalue weighted by atomic mass is 10.1. The number of anilines is 1. The highest BCUT2D eigenvalue weighted by Crippen LogP contribution is 2.44. The first-order valence-electron chi connectivity index (χ1n) is 8.53. The molecular formula is C20H24N2O3. The standard InChI is InChI=1S/C20H24N2O3/c1-15-11-17(25-12-16-5-3-2-4-6-16)7-8-18(15)22-19(24)21-13-20(14-23)9-10-20/h2-8,11,23H,9-10,12-14H2,1H3,(H2,21,22,24). The number of aryl methyl sites for hydroxylation is 1. The number of ether oxygens (including phenoxy) is 1. The van der Waals surface area contributed by atoms with Gasteiger partial charge >= 0.3 is 6.03 Å². The lowest BCUT2D eigenvalue weighted by Gasteiger charge is -2.15. The fourth-order valence-corrected chi connectivity index (χ4v) is 2.61. The van der Waals surface area contributed by atoms with Crippen molar-refractivity contribution in [2.24, 2.45) is 5.41 Å². The summed E-state index contributed by atoms with van der Waals surface area (Å²) in [4.78, 5) is 12.0. The van der Waals surface area contributed by atoms with Crippen LogP contribution in [0.2, 0.25) is 0 Å². The summed E-state index contributed by atoms with van der Waals surface area (Å²) in [5.74, 6) is 0.768. The Hall–Kier alpha value is -2.53. The molecule has 2 amide bonds. The Morgan fingerprint density at radius 2 is 1.96 bits per heavy atom. The predicted octanol–water partition coefficient (Wildman–Crippen LogP) is 3.47. The summed E-state index contributed by atoms with van der Waals surface area (Å²) in [6, 6.07) is 15.3. The Bertz CT molecular complexity index is 727. The highest BCUT2D eigenvalue weighted by Gasteiger charge is 2.42.